The molecule has 0 aliphatic carbocycles. The van der Waals surface area contributed by atoms with E-state index in [1.807, 2.05) is 18.7 Å². The van der Waals surface area contributed by atoms with E-state index in [2.05, 4.69) is 36.1 Å². The van der Waals surface area contributed by atoms with E-state index >= 15 is 0 Å². The molecule has 0 spiro atoms. The minimum Gasteiger partial charge on any atom is -0.466 e. The first-order chi connectivity index (χ1) is 15.0. The molecule has 1 fully saturated rings. The van der Waals surface area contributed by atoms with E-state index in [4.69, 9.17) is 9.15 Å². The van der Waals surface area contributed by atoms with Crippen molar-refractivity contribution in [2.75, 3.05) is 26.2 Å². The van der Waals surface area contributed by atoms with Crippen molar-refractivity contribution in [3.05, 3.63) is 58.0 Å². The lowest BCUT2D eigenvalue weighted by atomic mass is 9.96. The van der Waals surface area contributed by atoms with Gasteiger partial charge in [-0.2, -0.15) is 0 Å². The van der Waals surface area contributed by atoms with Gasteiger partial charge in [-0.25, -0.2) is 0 Å². The van der Waals surface area contributed by atoms with Crippen LogP contribution in [0.15, 0.2) is 28.7 Å². The summed E-state index contributed by atoms with van der Waals surface area (Å²) in [5, 5.41) is 0. The van der Waals surface area contributed by atoms with Crippen LogP contribution >= 0.6 is 0 Å². The number of esters is 1. The van der Waals surface area contributed by atoms with Gasteiger partial charge < -0.3 is 14.1 Å². The first-order valence-corrected chi connectivity index (χ1v) is 11.3. The third-order valence-corrected chi connectivity index (χ3v) is 6.37. The number of hydrogen-bond acceptors (Lipinski definition) is 5. The standard InChI is InChI=1S/C25H32N2O4/c1-4-30-25(29)20-6-5-12-27(15-20)24(28)23-18(3)31-22-11-13-26(16-21(22)23)14-19-9-7-17(2)8-10-19/h7-10,20H,4-6,11-16H2,1-3H3. The van der Waals surface area contributed by atoms with Crippen LogP contribution in [0, 0.1) is 19.8 Å². The smallest absolute Gasteiger partial charge is 0.310 e. The number of rotatable bonds is 5. The third kappa shape index (κ3) is 4.69. The number of ether oxygens (including phenoxy) is 1. The van der Waals surface area contributed by atoms with Gasteiger partial charge in [0.1, 0.15) is 11.5 Å². The van der Waals surface area contributed by atoms with Crippen molar-refractivity contribution in [3.63, 3.8) is 0 Å². The number of amides is 1. The number of carbonyl (C=O) groups is 2. The fourth-order valence-electron chi connectivity index (χ4n) is 4.72. The Morgan fingerprint density at radius 3 is 2.68 bits per heavy atom. The van der Waals surface area contributed by atoms with Crippen molar-refractivity contribution in [2.45, 2.75) is 53.1 Å². The van der Waals surface area contributed by atoms with Crippen LogP contribution in [-0.2, 0) is 29.0 Å². The zero-order valence-electron chi connectivity index (χ0n) is 18.8. The van der Waals surface area contributed by atoms with Crippen LogP contribution in [0.4, 0.5) is 0 Å². The Morgan fingerprint density at radius 2 is 1.94 bits per heavy atom. The predicted molar refractivity (Wildman–Crippen MR) is 118 cm³/mol. The molecule has 0 radical (unpaired) electrons. The number of furan rings is 1. The highest BCUT2D eigenvalue weighted by Gasteiger charge is 2.34. The fraction of sp³-hybridized carbons (Fsp3) is 0.520. The number of piperidine rings is 1. The molecule has 1 atom stereocenters. The molecular formula is C25H32N2O4. The molecule has 2 aliphatic rings. The van der Waals surface area contributed by atoms with Crippen LogP contribution < -0.4 is 0 Å². The highest BCUT2D eigenvalue weighted by Crippen LogP contribution is 2.31. The molecule has 1 aromatic heterocycles. The van der Waals surface area contributed by atoms with E-state index in [1.54, 1.807) is 0 Å². The Hall–Kier alpha value is -2.60. The Kier molecular flexibility index (Phi) is 6.46. The average molecular weight is 425 g/mol. The number of benzene rings is 1. The number of fused-ring (bicyclic) bond motifs is 1. The maximum Gasteiger partial charge on any atom is 0.310 e. The van der Waals surface area contributed by atoms with Gasteiger partial charge in [0, 0.05) is 44.7 Å². The second-order valence-electron chi connectivity index (χ2n) is 8.72. The van der Waals surface area contributed by atoms with Crippen LogP contribution in [0.3, 0.4) is 0 Å². The lowest BCUT2D eigenvalue weighted by Gasteiger charge is -2.32. The lowest BCUT2D eigenvalue weighted by molar-refractivity contribution is -0.149. The Bertz CT molecular complexity index is 947. The summed E-state index contributed by atoms with van der Waals surface area (Å²) in [7, 11) is 0. The topological polar surface area (TPSA) is 63.0 Å². The van der Waals surface area contributed by atoms with Crippen LogP contribution in [0.1, 0.15) is 58.3 Å². The molecular weight excluding hydrogens is 392 g/mol. The average Bonchev–Trinajstić information content (AvgIpc) is 3.10. The largest absolute Gasteiger partial charge is 0.466 e. The summed E-state index contributed by atoms with van der Waals surface area (Å²) in [5.74, 6) is 1.16. The van der Waals surface area contributed by atoms with E-state index in [1.165, 1.54) is 11.1 Å². The molecule has 166 valence electrons. The van der Waals surface area contributed by atoms with E-state index in [0.717, 1.165) is 43.7 Å². The molecule has 4 rings (SSSR count). The highest BCUT2D eigenvalue weighted by atomic mass is 16.5. The number of carbonyl (C=O) groups excluding carboxylic acids is 2. The molecule has 1 saturated heterocycles. The van der Waals surface area contributed by atoms with Crippen molar-refractivity contribution >= 4 is 11.9 Å². The molecule has 6 heteroatoms. The number of likely N-dealkylation sites (tertiary alicyclic amines) is 1. The molecule has 0 saturated carbocycles. The molecule has 2 aliphatic heterocycles. The zero-order valence-corrected chi connectivity index (χ0v) is 18.8. The highest BCUT2D eigenvalue weighted by molar-refractivity contribution is 5.97. The van der Waals surface area contributed by atoms with Crippen molar-refractivity contribution in [1.29, 1.82) is 0 Å². The summed E-state index contributed by atoms with van der Waals surface area (Å²) in [6.07, 6.45) is 2.39. The van der Waals surface area contributed by atoms with Gasteiger partial charge in [0.05, 0.1) is 18.1 Å². The van der Waals surface area contributed by atoms with E-state index in [9.17, 15) is 9.59 Å². The van der Waals surface area contributed by atoms with Gasteiger partial charge >= 0.3 is 5.97 Å². The molecule has 31 heavy (non-hydrogen) atoms. The summed E-state index contributed by atoms with van der Waals surface area (Å²) in [5.41, 5.74) is 4.23. The first kappa shape index (κ1) is 21.6. The molecule has 0 N–H and O–H groups in total. The molecule has 2 aromatic rings. The number of hydrogen-bond donors (Lipinski definition) is 0. The van der Waals surface area contributed by atoms with E-state index < -0.39 is 0 Å². The third-order valence-electron chi connectivity index (χ3n) is 6.37. The second-order valence-corrected chi connectivity index (χ2v) is 8.72. The molecule has 1 unspecified atom stereocenters. The van der Waals surface area contributed by atoms with Crippen LogP contribution in [-0.4, -0.2) is 47.9 Å². The quantitative estimate of drug-likeness (QED) is 0.682. The minimum atomic E-state index is -0.237. The summed E-state index contributed by atoms with van der Waals surface area (Å²) >= 11 is 0. The van der Waals surface area contributed by atoms with Gasteiger partial charge in [0.25, 0.3) is 5.91 Å². The van der Waals surface area contributed by atoms with Crippen LogP contribution in [0.2, 0.25) is 0 Å². The van der Waals surface area contributed by atoms with Gasteiger partial charge in [-0.3, -0.25) is 14.5 Å². The van der Waals surface area contributed by atoms with E-state index in [-0.39, 0.29) is 17.8 Å². The van der Waals surface area contributed by atoms with Gasteiger partial charge in [0.2, 0.25) is 0 Å². The first-order valence-electron chi connectivity index (χ1n) is 11.3. The Morgan fingerprint density at radius 1 is 1.16 bits per heavy atom. The summed E-state index contributed by atoms with van der Waals surface area (Å²) in [4.78, 5) is 29.9. The zero-order chi connectivity index (χ0) is 22.0. The van der Waals surface area contributed by atoms with Gasteiger partial charge in [-0.15, -0.1) is 0 Å². The van der Waals surface area contributed by atoms with Crippen LogP contribution in [0.5, 0.6) is 0 Å². The maximum atomic E-state index is 13.5. The van der Waals surface area contributed by atoms with Crippen molar-refractivity contribution in [1.82, 2.24) is 9.80 Å². The SMILES string of the molecule is CCOC(=O)C1CCCN(C(=O)c2c(C)oc3c2CN(Cc2ccc(C)cc2)CC3)C1. The molecule has 0 bridgehead atoms. The van der Waals surface area contributed by atoms with Crippen LogP contribution in [0.25, 0.3) is 0 Å². The van der Waals surface area contributed by atoms with Gasteiger partial charge in [-0.05, 0) is 39.2 Å². The maximum absolute atomic E-state index is 13.5. The lowest BCUT2D eigenvalue weighted by Crippen LogP contribution is -2.43. The van der Waals surface area contributed by atoms with Crippen molar-refractivity contribution in [2.24, 2.45) is 5.92 Å². The Labute approximate surface area is 184 Å². The monoisotopic (exact) mass is 424 g/mol. The predicted octanol–water partition coefficient (Wildman–Crippen LogP) is 3.87. The van der Waals surface area contributed by atoms with E-state index in [0.29, 0.717) is 37.6 Å². The van der Waals surface area contributed by atoms with Crippen molar-refractivity contribution in [3.8, 4) is 0 Å². The molecule has 1 amide bonds. The molecule has 3 heterocycles. The summed E-state index contributed by atoms with van der Waals surface area (Å²) < 4.78 is 11.2. The molecule has 1 aromatic carbocycles. The fourth-order valence-corrected chi connectivity index (χ4v) is 4.72. The summed E-state index contributed by atoms with van der Waals surface area (Å²) in [6, 6.07) is 8.61. The van der Waals surface area contributed by atoms with Gasteiger partial charge in [0.15, 0.2) is 0 Å². The van der Waals surface area contributed by atoms with Crippen molar-refractivity contribution < 1.29 is 18.7 Å². The number of aryl methyl sites for hydroxylation is 2. The number of nitrogens with zero attached hydrogens (tertiary/aromatic N) is 2. The summed E-state index contributed by atoms with van der Waals surface area (Å²) in [6.45, 7) is 9.71. The normalized spacial score (nSPS) is 19.2. The van der Waals surface area contributed by atoms with Gasteiger partial charge in [-0.1, -0.05) is 29.8 Å². The second kappa shape index (κ2) is 9.27. The Balaban J connectivity index is 1.50. The molecule has 6 nitrogen and oxygen atoms in total. The minimum absolute atomic E-state index is 0.0197.